The summed E-state index contributed by atoms with van der Waals surface area (Å²) in [6, 6.07) is 2.77. The van der Waals surface area contributed by atoms with Gasteiger partial charge in [-0.3, -0.25) is 5.32 Å². The Kier molecular flexibility index (Phi) is 5.41. The Labute approximate surface area is 128 Å². The molecule has 0 radical (unpaired) electrons. The molecule has 1 aliphatic carbocycles. The van der Waals surface area contributed by atoms with E-state index in [1.807, 2.05) is 13.3 Å². The molecule has 1 N–H and O–H groups in total. The van der Waals surface area contributed by atoms with E-state index in [2.05, 4.69) is 34.8 Å². The summed E-state index contributed by atoms with van der Waals surface area (Å²) in [4.78, 5) is 4.54. The van der Waals surface area contributed by atoms with Crippen molar-refractivity contribution in [3.05, 3.63) is 17.7 Å². The highest BCUT2D eigenvalue weighted by atomic mass is 15.1. The lowest BCUT2D eigenvalue weighted by Gasteiger charge is -2.26. The molecule has 1 atom stereocenters. The van der Waals surface area contributed by atoms with Crippen LogP contribution in [-0.4, -0.2) is 21.1 Å². The SMILES string of the molecule is CC(C)NC(C)(C#N)CCCCn1cnc2c1CCCC2. The fourth-order valence-corrected chi connectivity index (χ4v) is 3.28. The van der Waals surface area contributed by atoms with Crippen LogP contribution in [0.2, 0.25) is 0 Å². The van der Waals surface area contributed by atoms with Crippen LogP contribution in [0.5, 0.6) is 0 Å². The molecule has 0 fully saturated rings. The van der Waals surface area contributed by atoms with Gasteiger partial charge in [-0.15, -0.1) is 0 Å². The Hall–Kier alpha value is -1.34. The van der Waals surface area contributed by atoms with Crippen LogP contribution in [0.15, 0.2) is 6.33 Å². The lowest BCUT2D eigenvalue weighted by atomic mass is 9.95. The lowest BCUT2D eigenvalue weighted by molar-refractivity contribution is 0.365. The van der Waals surface area contributed by atoms with Gasteiger partial charge in [0.2, 0.25) is 0 Å². The largest absolute Gasteiger partial charge is 0.334 e. The number of hydrogen-bond acceptors (Lipinski definition) is 3. The molecule has 1 aromatic heterocycles. The van der Waals surface area contributed by atoms with Crippen LogP contribution in [-0.2, 0) is 19.4 Å². The Morgan fingerprint density at radius 3 is 2.86 bits per heavy atom. The molecule has 1 aliphatic rings. The van der Waals surface area contributed by atoms with Crippen molar-refractivity contribution in [2.45, 2.75) is 83.8 Å². The van der Waals surface area contributed by atoms with Crippen LogP contribution in [0.4, 0.5) is 0 Å². The van der Waals surface area contributed by atoms with Gasteiger partial charge in [0.15, 0.2) is 0 Å². The molecule has 0 saturated heterocycles. The second-order valence-electron chi connectivity index (χ2n) is 6.74. The Balaban J connectivity index is 1.79. The van der Waals surface area contributed by atoms with Gasteiger partial charge in [-0.05, 0) is 65.7 Å². The highest BCUT2D eigenvalue weighted by Gasteiger charge is 2.23. The minimum Gasteiger partial charge on any atom is -0.334 e. The van der Waals surface area contributed by atoms with Crippen LogP contribution in [0.1, 0.15) is 64.3 Å². The van der Waals surface area contributed by atoms with Crippen molar-refractivity contribution < 1.29 is 0 Å². The summed E-state index contributed by atoms with van der Waals surface area (Å²) in [5.74, 6) is 0. The van der Waals surface area contributed by atoms with Gasteiger partial charge >= 0.3 is 0 Å². The fraction of sp³-hybridized carbons (Fsp3) is 0.765. The number of hydrogen-bond donors (Lipinski definition) is 1. The van der Waals surface area contributed by atoms with Crippen LogP contribution in [0.25, 0.3) is 0 Å². The summed E-state index contributed by atoms with van der Waals surface area (Å²) >= 11 is 0. The van der Waals surface area contributed by atoms with Gasteiger partial charge in [0, 0.05) is 18.3 Å². The molecule has 1 unspecified atom stereocenters. The van der Waals surface area contributed by atoms with Gasteiger partial charge in [-0.25, -0.2) is 4.98 Å². The number of rotatable bonds is 7. The molecule has 0 spiro atoms. The second kappa shape index (κ2) is 7.09. The third-order valence-corrected chi connectivity index (χ3v) is 4.29. The maximum Gasteiger partial charge on any atom is 0.104 e. The van der Waals surface area contributed by atoms with E-state index in [1.165, 1.54) is 30.7 Å². The van der Waals surface area contributed by atoms with Crippen LogP contribution < -0.4 is 5.32 Å². The smallest absolute Gasteiger partial charge is 0.104 e. The summed E-state index contributed by atoms with van der Waals surface area (Å²) in [6.45, 7) is 7.22. The zero-order valence-electron chi connectivity index (χ0n) is 13.7. The van der Waals surface area contributed by atoms with E-state index in [0.29, 0.717) is 6.04 Å². The average Bonchev–Trinajstić information content (AvgIpc) is 2.86. The predicted molar refractivity (Wildman–Crippen MR) is 85.0 cm³/mol. The van der Waals surface area contributed by atoms with Crippen molar-refractivity contribution in [2.24, 2.45) is 0 Å². The molecule has 116 valence electrons. The summed E-state index contributed by atoms with van der Waals surface area (Å²) < 4.78 is 2.33. The highest BCUT2D eigenvalue weighted by Crippen LogP contribution is 2.21. The van der Waals surface area contributed by atoms with Crippen molar-refractivity contribution in [1.82, 2.24) is 14.9 Å². The van der Waals surface area contributed by atoms with Gasteiger partial charge in [0.25, 0.3) is 0 Å². The first-order valence-corrected chi connectivity index (χ1v) is 8.26. The first-order chi connectivity index (χ1) is 10.0. The molecule has 4 heteroatoms. The van der Waals surface area contributed by atoms with Gasteiger partial charge in [0.1, 0.15) is 5.54 Å². The third-order valence-electron chi connectivity index (χ3n) is 4.29. The van der Waals surface area contributed by atoms with Crippen LogP contribution in [0, 0.1) is 11.3 Å². The molecular weight excluding hydrogens is 260 g/mol. The summed E-state index contributed by atoms with van der Waals surface area (Å²) in [6.07, 6.45) is 9.99. The van der Waals surface area contributed by atoms with Crippen molar-refractivity contribution in [2.75, 3.05) is 0 Å². The quantitative estimate of drug-likeness (QED) is 0.784. The monoisotopic (exact) mass is 288 g/mol. The highest BCUT2D eigenvalue weighted by molar-refractivity contribution is 5.16. The Bertz CT molecular complexity index is 497. The maximum absolute atomic E-state index is 9.35. The number of imidazole rings is 1. The first kappa shape index (κ1) is 16.0. The zero-order chi connectivity index (χ0) is 15.3. The number of aryl methyl sites for hydroxylation is 2. The number of nitrogens with one attached hydrogen (secondary N) is 1. The minimum absolute atomic E-state index is 0.343. The summed E-state index contributed by atoms with van der Waals surface area (Å²) in [7, 11) is 0. The molecule has 1 aromatic rings. The minimum atomic E-state index is -0.400. The molecule has 0 amide bonds. The molecule has 0 aliphatic heterocycles. The second-order valence-corrected chi connectivity index (χ2v) is 6.74. The first-order valence-electron chi connectivity index (χ1n) is 8.26. The standard InChI is InChI=1S/C17H28N4/c1-14(2)20-17(3,12-18)10-6-7-11-21-13-19-15-8-4-5-9-16(15)21/h13-14,20H,4-11H2,1-3H3. The van der Waals surface area contributed by atoms with Gasteiger partial charge in [0.05, 0.1) is 18.1 Å². The molecule has 2 rings (SSSR count). The third kappa shape index (κ3) is 4.31. The number of unbranched alkanes of at least 4 members (excludes halogenated alkanes) is 1. The van der Waals surface area contributed by atoms with E-state index >= 15 is 0 Å². The number of nitriles is 1. The van der Waals surface area contributed by atoms with E-state index in [4.69, 9.17) is 0 Å². The van der Waals surface area contributed by atoms with Crippen molar-refractivity contribution in [1.29, 1.82) is 5.26 Å². The summed E-state index contributed by atoms with van der Waals surface area (Å²) in [5, 5.41) is 12.7. The van der Waals surface area contributed by atoms with Gasteiger partial charge < -0.3 is 4.57 Å². The summed E-state index contributed by atoms with van der Waals surface area (Å²) in [5.41, 5.74) is 2.36. The van der Waals surface area contributed by atoms with Crippen molar-refractivity contribution >= 4 is 0 Å². The molecule has 4 nitrogen and oxygen atoms in total. The maximum atomic E-state index is 9.35. The van der Waals surface area contributed by atoms with Gasteiger partial charge in [-0.1, -0.05) is 0 Å². The van der Waals surface area contributed by atoms with Crippen molar-refractivity contribution in [3.63, 3.8) is 0 Å². The molecule has 0 aromatic carbocycles. The van der Waals surface area contributed by atoms with E-state index in [0.717, 1.165) is 32.2 Å². The normalized spacial score (nSPS) is 17.3. The van der Waals surface area contributed by atoms with Gasteiger partial charge in [-0.2, -0.15) is 5.26 Å². The molecule has 0 bridgehead atoms. The topological polar surface area (TPSA) is 53.6 Å². The van der Waals surface area contributed by atoms with Crippen LogP contribution in [0.3, 0.4) is 0 Å². The predicted octanol–water partition coefficient (Wildman–Crippen LogP) is 3.21. The Morgan fingerprint density at radius 2 is 2.14 bits per heavy atom. The van der Waals surface area contributed by atoms with E-state index in [-0.39, 0.29) is 0 Å². The van der Waals surface area contributed by atoms with E-state index in [9.17, 15) is 5.26 Å². The molecule has 21 heavy (non-hydrogen) atoms. The Morgan fingerprint density at radius 1 is 1.38 bits per heavy atom. The van der Waals surface area contributed by atoms with E-state index < -0.39 is 5.54 Å². The number of aromatic nitrogens is 2. The number of nitrogens with zero attached hydrogens (tertiary/aromatic N) is 3. The zero-order valence-corrected chi connectivity index (χ0v) is 13.7. The van der Waals surface area contributed by atoms with Crippen LogP contribution >= 0.6 is 0 Å². The fourth-order valence-electron chi connectivity index (χ4n) is 3.28. The lowest BCUT2D eigenvalue weighted by Crippen LogP contribution is -2.44. The average molecular weight is 288 g/mol. The molecule has 1 heterocycles. The van der Waals surface area contributed by atoms with E-state index in [1.54, 1.807) is 0 Å². The number of fused-ring (bicyclic) bond motifs is 1. The van der Waals surface area contributed by atoms with Crippen molar-refractivity contribution in [3.8, 4) is 6.07 Å². The molecule has 0 saturated carbocycles. The molecular formula is C17H28N4.